The molecule has 2 aromatic carbocycles. The number of rotatable bonds is 6. The molecule has 1 aliphatic carbocycles. The van der Waals surface area contributed by atoms with E-state index < -0.39 is 11.9 Å². The molecule has 1 amide bonds. The highest BCUT2D eigenvalue weighted by atomic mass is 79.9. The summed E-state index contributed by atoms with van der Waals surface area (Å²) in [6.07, 6.45) is 5.36. The zero-order valence-electron chi connectivity index (χ0n) is 20.1. The second kappa shape index (κ2) is 11.9. The summed E-state index contributed by atoms with van der Waals surface area (Å²) in [6, 6.07) is 13.9. The first-order valence-corrected chi connectivity index (χ1v) is 13.1. The van der Waals surface area contributed by atoms with Gasteiger partial charge in [-0.25, -0.2) is 9.59 Å². The average Bonchev–Trinajstić information content (AvgIpc) is 3.57. The molecule has 1 saturated heterocycles. The third-order valence-electron chi connectivity index (χ3n) is 7.15. The minimum absolute atomic E-state index is 0.0773. The fourth-order valence-corrected chi connectivity index (χ4v) is 5.78. The topological polar surface area (TPSA) is 107 Å². The van der Waals surface area contributed by atoms with Gasteiger partial charge in [-0.05, 0) is 78.6 Å². The summed E-state index contributed by atoms with van der Waals surface area (Å²) < 4.78 is 6.99. The van der Waals surface area contributed by atoms with Crippen LogP contribution in [-0.4, -0.2) is 64.1 Å². The first-order valence-electron chi connectivity index (χ1n) is 12.3. The lowest BCUT2D eigenvalue weighted by Crippen LogP contribution is -2.25. The Balaban J connectivity index is 0.000000455. The first-order chi connectivity index (χ1) is 17.3. The molecule has 2 atom stereocenters. The molecule has 36 heavy (non-hydrogen) atoms. The molecular formula is C27H31BrN2O6. The molecule has 2 heterocycles. The van der Waals surface area contributed by atoms with E-state index in [0.717, 1.165) is 47.2 Å². The number of nitrogens with zero attached hydrogens (tertiary/aromatic N) is 2. The van der Waals surface area contributed by atoms with Crippen molar-refractivity contribution in [3.63, 3.8) is 0 Å². The van der Waals surface area contributed by atoms with Gasteiger partial charge in [0.2, 0.25) is 0 Å². The van der Waals surface area contributed by atoms with Gasteiger partial charge >= 0.3 is 11.9 Å². The van der Waals surface area contributed by atoms with E-state index in [2.05, 4.69) is 33.0 Å². The predicted molar refractivity (Wildman–Crippen MR) is 137 cm³/mol. The van der Waals surface area contributed by atoms with E-state index in [1.54, 1.807) is 0 Å². The third-order valence-corrected chi connectivity index (χ3v) is 7.64. The van der Waals surface area contributed by atoms with Crippen LogP contribution in [0.25, 0.3) is 0 Å². The van der Waals surface area contributed by atoms with Crippen molar-refractivity contribution in [3.8, 4) is 5.75 Å². The number of ether oxygens (including phenoxy) is 1. The summed E-state index contributed by atoms with van der Waals surface area (Å²) in [5.41, 5.74) is 3.17. The molecule has 0 aromatic heterocycles. The molecule has 0 radical (unpaired) electrons. The van der Waals surface area contributed by atoms with Gasteiger partial charge < -0.3 is 24.7 Å². The lowest BCUT2D eigenvalue weighted by Gasteiger charge is -2.17. The Labute approximate surface area is 219 Å². The second-order valence-electron chi connectivity index (χ2n) is 9.62. The number of aliphatic carboxylic acids is 2. The minimum atomic E-state index is -1.82. The van der Waals surface area contributed by atoms with Gasteiger partial charge in [0, 0.05) is 42.8 Å². The molecule has 192 valence electrons. The van der Waals surface area contributed by atoms with E-state index in [1.165, 1.54) is 43.5 Å². The molecular weight excluding hydrogens is 528 g/mol. The molecule has 5 rings (SSSR count). The Morgan fingerprint density at radius 3 is 2.19 bits per heavy atom. The van der Waals surface area contributed by atoms with Crippen molar-refractivity contribution in [2.75, 3.05) is 26.2 Å². The Hall–Kier alpha value is -2.91. The maximum atomic E-state index is 12.9. The Morgan fingerprint density at radius 1 is 0.917 bits per heavy atom. The molecule has 2 unspecified atom stereocenters. The molecule has 2 fully saturated rings. The summed E-state index contributed by atoms with van der Waals surface area (Å²) in [5, 5.41) is 14.8. The molecule has 9 heteroatoms. The third kappa shape index (κ3) is 6.64. The highest BCUT2D eigenvalue weighted by Crippen LogP contribution is 2.37. The first kappa shape index (κ1) is 26.2. The number of benzene rings is 2. The highest BCUT2D eigenvalue weighted by molar-refractivity contribution is 9.10. The van der Waals surface area contributed by atoms with Gasteiger partial charge in [-0.1, -0.05) is 28.4 Å². The Morgan fingerprint density at radius 2 is 1.56 bits per heavy atom. The summed E-state index contributed by atoms with van der Waals surface area (Å²) in [6.45, 7) is 5.80. The van der Waals surface area contributed by atoms with Gasteiger partial charge in [0.1, 0.15) is 5.75 Å². The fourth-order valence-electron chi connectivity index (χ4n) is 5.38. The highest BCUT2D eigenvalue weighted by Gasteiger charge is 2.35. The number of carboxylic acid groups (broad SMARTS) is 2. The number of carbonyl (C=O) groups is 3. The van der Waals surface area contributed by atoms with Crippen molar-refractivity contribution in [2.24, 2.45) is 11.8 Å². The number of carboxylic acids is 2. The maximum Gasteiger partial charge on any atom is 0.414 e. The molecule has 0 spiro atoms. The smallest absolute Gasteiger partial charge is 0.414 e. The van der Waals surface area contributed by atoms with Crippen LogP contribution in [0.4, 0.5) is 0 Å². The van der Waals surface area contributed by atoms with Crippen molar-refractivity contribution in [3.05, 3.63) is 63.6 Å². The van der Waals surface area contributed by atoms with Crippen LogP contribution in [0, 0.1) is 11.8 Å². The van der Waals surface area contributed by atoms with E-state index in [9.17, 15) is 4.79 Å². The maximum absolute atomic E-state index is 12.9. The number of halogens is 1. The number of amides is 1. The van der Waals surface area contributed by atoms with Crippen LogP contribution >= 0.6 is 15.9 Å². The predicted octanol–water partition coefficient (Wildman–Crippen LogP) is 4.26. The van der Waals surface area contributed by atoms with Gasteiger partial charge in [-0.2, -0.15) is 0 Å². The average molecular weight is 559 g/mol. The van der Waals surface area contributed by atoms with Crippen LogP contribution in [0.15, 0.2) is 46.9 Å². The number of likely N-dealkylation sites (tertiary alicyclic amines) is 1. The molecule has 0 bridgehead atoms. The molecule has 3 aliphatic rings. The standard InChI is InChI=1S/C25H29BrN2O2.C2H2O4/c26-23-8-5-21-16-28(17-22(21)13-23)25(29)18-6-9-24(10-7-18)30-12-2-11-27-14-19-3-1-4-20(19)15-27;3-1(4)2(5)6/h5-10,13,19-20H,1-4,11-12,14-17H2;(H,3,4)(H,5,6). The summed E-state index contributed by atoms with van der Waals surface area (Å²) in [7, 11) is 0. The van der Waals surface area contributed by atoms with E-state index in [4.69, 9.17) is 24.5 Å². The van der Waals surface area contributed by atoms with Crippen LogP contribution in [0.3, 0.4) is 0 Å². The molecule has 2 N–H and O–H groups in total. The van der Waals surface area contributed by atoms with Crippen molar-refractivity contribution in [1.29, 1.82) is 0 Å². The number of carbonyl (C=O) groups excluding carboxylic acids is 1. The van der Waals surface area contributed by atoms with Crippen LogP contribution in [0.5, 0.6) is 5.75 Å². The van der Waals surface area contributed by atoms with Crippen molar-refractivity contribution in [1.82, 2.24) is 9.80 Å². The largest absolute Gasteiger partial charge is 0.494 e. The van der Waals surface area contributed by atoms with Crippen molar-refractivity contribution in [2.45, 2.75) is 38.8 Å². The normalized spacial score (nSPS) is 20.3. The van der Waals surface area contributed by atoms with Crippen molar-refractivity contribution < 1.29 is 29.3 Å². The second-order valence-corrected chi connectivity index (χ2v) is 10.5. The number of hydrogen-bond acceptors (Lipinski definition) is 5. The summed E-state index contributed by atoms with van der Waals surface area (Å²) in [4.78, 5) is 35.6. The van der Waals surface area contributed by atoms with E-state index >= 15 is 0 Å². The van der Waals surface area contributed by atoms with Crippen LogP contribution in [-0.2, 0) is 22.7 Å². The van der Waals surface area contributed by atoms with E-state index in [0.29, 0.717) is 13.1 Å². The summed E-state index contributed by atoms with van der Waals surface area (Å²) in [5.74, 6) is -0.807. The van der Waals surface area contributed by atoms with Gasteiger partial charge in [0.25, 0.3) is 5.91 Å². The monoisotopic (exact) mass is 558 g/mol. The number of hydrogen-bond donors (Lipinski definition) is 2. The zero-order valence-corrected chi connectivity index (χ0v) is 21.7. The lowest BCUT2D eigenvalue weighted by atomic mass is 10.0. The van der Waals surface area contributed by atoms with Gasteiger partial charge in [0.05, 0.1) is 6.61 Å². The molecule has 1 saturated carbocycles. The Kier molecular flexibility index (Phi) is 8.64. The molecule has 8 nitrogen and oxygen atoms in total. The van der Waals surface area contributed by atoms with Crippen LogP contribution < -0.4 is 4.74 Å². The quantitative estimate of drug-likeness (QED) is 0.402. The minimum Gasteiger partial charge on any atom is -0.494 e. The van der Waals surface area contributed by atoms with Gasteiger partial charge in [0.15, 0.2) is 0 Å². The SMILES string of the molecule is O=C(O)C(=O)O.O=C(c1ccc(OCCCN2CC3CCCC3C2)cc1)N1Cc2ccc(Br)cc2C1. The Bertz CT molecular complexity index is 1080. The fraction of sp³-hybridized carbons (Fsp3) is 0.444. The molecule has 2 aliphatic heterocycles. The zero-order chi connectivity index (χ0) is 25.7. The van der Waals surface area contributed by atoms with Gasteiger partial charge in [-0.15, -0.1) is 0 Å². The van der Waals surface area contributed by atoms with Crippen LogP contribution in [0.1, 0.15) is 47.2 Å². The number of fused-ring (bicyclic) bond motifs is 2. The van der Waals surface area contributed by atoms with E-state index in [1.807, 2.05) is 35.2 Å². The lowest BCUT2D eigenvalue weighted by molar-refractivity contribution is -0.159. The molecule has 2 aromatic rings. The van der Waals surface area contributed by atoms with Gasteiger partial charge in [-0.3, -0.25) is 4.79 Å². The van der Waals surface area contributed by atoms with Crippen LogP contribution in [0.2, 0.25) is 0 Å². The summed E-state index contributed by atoms with van der Waals surface area (Å²) >= 11 is 3.51. The van der Waals surface area contributed by atoms with E-state index in [-0.39, 0.29) is 5.91 Å². The van der Waals surface area contributed by atoms with Crippen molar-refractivity contribution >= 4 is 33.8 Å².